The Morgan fingerprint density at radius 1 is 1.26 bits per heavy atom. The molecule has 0 amide bonds. The number of hydrogen-bond acceptors (Lipinski definition) is 9. The van der Waals surface area contributed by atoms with Crippen molar-refractivity contribution in [3.8, 4) is 5.75 Å². The molecule has 0 bridgehead atoms. The van der Waals surface area contributed by atoms with Gasteiger partial charge in [0.05, 0.1) is 12.8 Å². The molecule has 0 saturated carbocycles. The number of nitrogens with one attached hydrogen (secondary N) is 1. The summed E-state index contributed by atoms with van der Waals surface area (Å²) in [6, 6.07) is 9.27. The molecule has 0 fully saturated rings. The zero-order chi connectivity index (χ0) is 25.5. The molecule has 35 heavy (non-hydrogen) atoms. The van der Waals surface area contributed by atoms with Crippen LogP contribution in [0.5, 0.6) is 5.75 Å². The molecule has 2 aromatic carbocycles. The van der Waals surface area contributed by atoms with E-state index >= 15 is 0 Å². The summed E-state index contributed by atoms with van der Waals surface area (Å²) < 4.78 is 10.7. The standard InChI is InChI=1S/C26H30N6O3/c1-7-22(30-24(8-2)34-6)18-11-19-14-28-26(31-25(19)23(12-18)35-16(3)33)29-21-10-17(15-32(4)5)9-20(27)13-21/h7-14H,1,15,27H2,2-6H3,(H,28,29,31)/b24-8+,30-22+. The van der Waals surface area contributed by atoms with Crippen LogP contribution in [0.25, 0.3) is 10.9 Å². The number of carbonyl (C=O) groups excluding carboxylic acids is 1. The van der Waals surface area contributed by atoms with Crippen molar-refractivity contribution in [1.82, 2.24) is 14.9 Å². The monoisotopic (exact) mass is 474 g/mol. The van der Waals surface area contributed by atoms with E-state index in [1.807, 2.05) is 45.3 Å². The van der Waals surface area contributed by atoms with E-state index in [1.165, 1.54) is 14.0 Å². The molecule has 3 N–H and O–H groups in total. The van der Waals surface area contributed by atoms with Crippen LogP contribution in [-0.2, 0) is 16.1 Å². The van der Waals surface area contributed by atoms with Crippen molar-refractivity contribution in [2.45, 2.75) is 20.4 Å². The van der Waals surface area contributed by atoms with Gasteiger partial charge in [0, 0.05) is 42.0 Å². The van der Waals surface area contributed by atoms with Crippen molar-refractivity contribution < 1.29 is 14.3 Å². The molecular formula is C26H30N6O3. The number of hydrogen-bond donors (Lipinski definition) is 2. The number of aromatic nitrogens is 2. The van der Waals surface area contributed by atoms with Gasteiger partial charge in [0.1, 0.15) is 5.52 Å². The highest BCUT2D eigenvalue weighted by molar-refractivity contribution is 6.11. The molecule has 3 rings (SSSR count). The van der Waals surface area contributed by atoms with Gasteiger partial charge in [0.15, 0.2) is 5.75 Å². The van der Waals surface area contributed by atoms with E-state index in [2.05, 4.69) is 31.8 Å². The lowest BCUT2D eigenvalue weighted by Crippen LogP contribution is -2.11. The Morgan fingerprint density at radius 3 is 2.66 bits per heavy atom. The Labute approximate surface area is 205 Å². The molecule has 0 spiro atoms. The molecule has 0 atom stereocenters. The summed E-state index contributed by atoms with van der Waals surface area (Å²) in [5, 5.41) is 3.86. The Balaban J connectivity index is 2.06. The number of fused-ring (bicyclic) bond motifs is 1. The number of ether oxygens (including phenoxy) is 2. The number of nitrogens with zero attached hydrogens (tertiary/aromatic N) is 4. The van der Waals surface area contributed by atoms with Crippen LogP contribution in [0.15, 0.2) is 66.1 Å². The van der Waals surface area contributed by atoms with E-state index in [-0.39, 0.29) is 5.75 Å². The van der Waals surface area contributed by atoms with E-state index in [0.29, 0.717) is 39.7 Å². The highest BCUT2D eigenvalue weighted by atomic mass is 16.5. The average Bonchev–Trinajstić information content (AvgIpc) is 2.79. The van der Waals surface area contributed by atoms with Crippen LogP contribution in [0.2, 0.25) is 0 Å². The molecule has 9 heteroatoms. The summed E-state index contributed by atoms with van der Waals surface area (Å²) in [6.45, 7) is 7.74. The zero-order valence-corrected chi connectivity index (χ0v) is 20.6. The molecular weight excluding hydrogens is 444 g/mol. The third-order valence-electron chi connectivity index (χ3n) is 4.85. The van der Waals surface area contributed by atoms with Crippen LogP contribution in [0.4, 0.5) is 17.3 Å². The fourth-order valence-corrected chi connectivity index (χ4v) is 3.50. The summed E-state index contributed by atoms with van der Waals surface area (Å²) in [7, 11) is 5.52. The zero-order valence-electron chi connectivity index (χ0n) is 20.6. The van der Waals surface area contributed by atoms with Crippen molar-refractivity contribution in [2.24, 2.45) is 4.99 Å². The fourth-order valence-electron chi connectivity index (χ4n) is 3.50. The first-order valence-corrected chi connectivity index (χ1v) is 10.9. The first-order valence-electron chi connectivity index (χ1n) is 10.9. The Hall–Kier alpha value is -4.24. The number of benzene rings is 2. The number of rotatable bonds is 9. The van der Waals surface area contributed by atoms with Crippen LogP contribution in [0, 0.1) is 0 Å². The molecule has 0 aliphatic rings. The van der Waals surface area contributed by atoms with E-state index in [0.717, 1.165) is 17.8 Å². The first kappa shape index (κ1) is 25.4. The third kappa shape index (κ3) is 6.64. The number of esters is 1. The van der Waals surface area contributed by atoms with Gasteiger partial charge in [0.25, 0.3) is 0 Å². The van der Waals surface area contributed by atoms with E-state index in [4.69, 9.17) is 15.2 Å². The number of methoxy groups -OCH3 is 1. The molecule has 3 aromatic rings. The van der Waals surface area contributed by atoms with Gasteiger partial charge in [-0.2, -0.15) is 0 Å². The maximum atomic E-state index is 11.8. The molecule has 0 aliphatic heterocycles. The molecule has 0 saturated heterocycles. The van der Waals surface area contributed by atoms with Gasteiger partial charge in [-0.05, 0) is 69.1 Å². The molecule has 0 unspecified atom stereocenters. The average molecular weight is 475 g/mol. The Bertz CT molecular complexity index is 1310. The number of allylic oxidation sites excluding steroid dienone is 2. The number of aliphatic imine (C=N–C) groups is 1. The Kier molecular flexibility index (Phi) is 8.17. The van der Waals surface area contributed by atoms with Crippen molar-refractivity contribution in [1.29, 1.82) is 0 Å². The molecule has 0 aliphatic carbocycles. The lowest BCUT2D eigenvalue weighted by Gasteiger charge is -2.14. The summed E-state index contributed by atoms with van der Waals surface area (Å²) >= 11 is 0. The minimum atomic E-state index is -0.469. The van der Waals surface area contributed by atoms with Crippen molar-refractivity contribution >= 4 is 39.9 Å². The van der Waals surface area contributed by atoms with Gasteiger partial charge in [-0.3, -0.25) is 4.79 Å². The molecule has 182 valence electrons. The highest BCUT2D eigenvalue weighted by Crippen LogP contribution is 2.29. The highest BCUT2D eigenvalue weighted by Gasteiger charge is 2.14. The first-order chi connectivity index (χ1) is 16.7. The predicted molar refractivity (Wildman–Crippen MR) is 140 cm³/mol. The smallest absolute Gasteiger partial charge is 0.308 e. The second-order valence-electron chi connectivity index (χ2n) is 8.06. The molecule has 0 radical (unpaired) electrons. The molecule has 1 heterocycles. The summed E-state index contributed by atoms with van der Waals surface area (Å²) in [6.07, 6.45) is 4.99. The number of nitrogen functional groups attached to an aromatic ring is 1. The summed E-state index contributed by atoms with van der Waals surface area (Å²) in [4.78, 5) is 27.4. The van der Waals surface area contributed by atoms with Gasteiger partial charge < -0.3 is 25.4 Å². The second-order valence-corrected chi connectivity index (χ2v) is 8.06. The van der Waals surface area contributed by atoms with Crippen molar-refractivity contribution in [3.63, 3.8) is 0 Å². The topological polar surface area (TPSA) is 115 Å². The maximum Gasteiger partial charge on any atom is 0.308 e. The van der Waals surface area contributed by atoms with Crippen LogP contribution < -0.4 is 15.8 Å². The van der Waals surface area contributed by atoms with Crippen molar-refractivity contribution in [2.75, 3.05) is 32.3 Å². The lowest BCUT2D eigenvalue weighted by atomic mass is 10.1. The minimum absolute atomic E-state index is 0.283. The number of nitrogens with two attached hydrogens (primary N) is 1. The number of anilines is 3. The predicted octanol–water partition coefficient (Wildman–Crippen LogP) is 4.43. The third-order valence-corrected chi connectivity index (χ3v) is 4.85. The van der Waals surface area contributed by atoms with Crippen LogP contribution in [-0.4, -0.2) is 47.8 Å². The number of carbonyl (C=O) groups is 1. The second kappa shape index (κ2) is 11.3. The largest absolute Gasteiger partial charge is 0.481 e. The van der Waals surface area contributed by atoms with Crippen LogP contribution in [0.1, 0.15) is 25.0 Å². The van der Waals surface area contributed by atoms with E-state index in [9.17, 15) is 4.79 Å². The summed E-state index contributed by atoms with van der Waals surface area (Å²) in [5.74, 6) is 0.586. The van der Waals surface area contributed by atoms with Crippen LogP contribution >= 0.6 is 0 Å². The SMILES string of the molecule is C=C/C(=N\C(=C/C)OC)c1cc(OC(C)=O)c2nc(Nc3cc(N)cc(CN(C)C)c3)ncc2c1. The Morgan fingerprint density at radius 2 is 2.03 bits per heavy atom. The van der Waals surface area contributed by atoms with Crippen molar-refractivity contribution in [3.05, 3.63) is 72.3 Å². The maximum absolute atomic E-state index is 11.8. The molecule has 9 nitrogen and oxygen atoms in total. The van der Waals surface area contributed by atoms with Crippen LogP contribution in [0.3, 0.4) is 0 Å². The van der Waals surface area contributed by atoms with Gasteiger partial charge >= 0.3 is 5.97 Å². The fraction of sp³-hybridized carbons (Fsp3) is 0.231. The lowest BCUT2D eigenvalue weighted by molar-refractivity contribution is -0.131. The van der Waals surface area contributed by atoms with Gasteiger partial charge in [-0.25, -0.2) is 15.0 Å². The van der Waals surface area contributed by atoms with E-state index < -0.39 is 5.97 Å². The van der Waals surface area contributed by atoms with E-state index in [1.54, 1.807) is 24.4 Å². The van der Waals surface area contributed by atoms with Gasteiger partial charge in [-0.1, -0.05) is 6.58 Å². The molecule has 1 aromatic heterocycles. The minimum Gasteiger partial charge on any atom is -0.481 e. The summed E-state index contributed by atoms with van der Waals surface area (Å²) in [5.41, 5.74) is 10.2. The van der Waals surface area contributed by atoms with Gasteiger partial charge in [0.2, 0.25) is 11.8 Å². The normalized spacial score (nSPS) is 12.1. The van der Waals surface area contributed by atoms with Gasteiger partial charge in [-0.15, -0.1) is 0 Å². The quantitative estimate of drug-likeness (QED) is 0.154.